The third-order valence-electron chi connectivity index (χ3n) is 3.78. The summed E-state index contributed by atoms with van der Waals surface area (Å²) >= 11 is 0. The number of hydrogen-bond donors (Lipinski definition) is 2. The number of rotatable bonds is 7. The van der Waals surface area contributed by atoms with Crippen molar-refractivity contribution in [2.45, 2.75) is 53.0 Å². The minimum atomic E-state index is 0.175. The topological polar surface area (TPSA) is 61.8 Å². The molecule has 0 radical (unpaired) electrons. The second-order valence-corrected chi connectivity index (χ2v) is 5.26. The van der Waals surface area contributed by atoms with Gasteiger partial charge in [0.2, 0.25) is 0 Å². The lowest BCUT2D eigenvalue weighted by molar-refractivity contribution is 0.318. The summed E-state index contributed by atoms with van der Waals surface area (Å²) in [6.45, 7) is 9.66. The van der Waals surface area contributed by atoms with Gasteiger partial charge in [0.1, 0.15) is 0 Å². The summed E-state index contributed by atoms with van der Waals surface area (Å²) in [6.07, 6.45) is 3.35. The van der Waals surface area contributed by atoms with Gasteiger partial charge in [-0.15, -0.1) is 0 Å². The molecular weight excluding hydrogens is 250 g/mol. The normalized spacial score (nSPS) is 13.3. The molecule has 1 unspecified atom stereocenters. The van der Waals surface area contributed by atoms with Crippen LogP contribution in [0.25, 0.3) is 0 Å². The van der Waals surface area contributed by atoms with Crippen LogP contribution in [0, 0.1) is 6.92 Å². The monoisotopic (exact) mass is 277 g/mol. The number of oxime groups is 1. The van der Waals surface area contributed by atoms with Crippen LogP contribution >= 0.6 is 0 Å². The highest BCUT2D eigenvalue weighted by molar-refractivity contribution is 6.02. The lowest BCUT2D eigenvalue weighted by atomic mass is 10.0. The van der Waals surface area contributed by atoms with Crippen molar-refractivity contribution in [3.05, 3.63) is 29.3 Å². The highest BCUT2D eigenvalue weighted by atomic mass is 16.4. The maximum absolute atomic E-state index is 9.00. The van der Waals surface area contributed by atoms with Crippen molar-refractivity contribution in [1.82, 2.24) is 0 Å². The summed E-state index contributed by atoms with van der Waals surface area (Å²) in [7, 11) is 0. The number of anilines is 1. The molecule has 0 fully saturated rings. The molecule has 0 amide bonds. The fourth-order valence-electron chi connectivity index (χ4n) is 2.40. The third kappa shape index (κ3) is 3.65. The predicted octanol–water partition coefficient (Wildman–Crippen LogP) is 3.49. The van der Waals surface area contributed by atoms with E-state index in [0.29, 0.717) is 6.04 Å². The molecule has 1 rings (SSSR count). The molecule has 4 nitrogen and oxygen atoms in total. The largest absolute Gasteiger partial charge is 0.409 e. The van der Waals surface area contributed by atoms with E-state index in [1.165, 1.54) is 0 Å². The molecule has 0 aromatic heterocycles. The van der Waals surface area contributed by atoms with Crippen LogP contribution in [0.2, 0.25) is 0 Å². The first-order valence-electron chi connectivity index (χ1n) is 7.40. The van der Waals surface area contributed by atoms with E-state index in [0.717, 1.165) is 42.6 Å². The predicted molar refractivity (Wildman–Crippen MR) is 85.7 cm³/mol. The SMILES string of the molecule is CCCCN(c1c(C)cccc1/C(N)=N/O)C(C)CC. The van der Waals surface area contributed by atoms with Crippen LogP contribution in [0.3, 0.4) is 0 Å². The lowest BCUT2D eigenvalue weighted by Gasteiger charge is -2.33. The molecule has 0 saturated carbocycles. The average Bonchev–Trinajstić information content (AvgIpc) is 2.47. The van der Waals surface area contributed by atoms with E-state index >= 15 is 0 Å². The highest BCUT2D eigenvalue weighted by Crippen LogP contribution is 2.28. The van der Waals surface area contributed by atoms with Crippen molar-refractivity contribution in [3.8, 4) is 0 Å². The lowest BCUT2D eigenvalue weighted by Crippen LogP contribution is -2.36. The van der Waals surface area contributed by atoms with Crippen molar-refractivity contribution in [1.29, 1.82) is 0 Å². The Bertz CT molecular complexity index is 457. The molecule has 1 aromatic carbocycles. The Balaban J connectivity index is 3.30. The molecule has 20 heavy (non-hydrogen) atoms. The zero-order valence-corrected chi connectivity index (χ0v) is 13.1. The van der Waals surface area contributed by atoms with Crippen molar-refractivity contribution in [3.63, 3.8) is 0 Å². The van der Waals surface area contributed by atoms with Crippen molar-refractivity contribution < 1.29 is 5.21 Å². The summed E-state index contributed by atoms with van der Waals surface area (Å²) < 4.78 is 0. The van der Waals surface area contributed by atoms with Crippen molar-refractivity contribution in [2.24, 2.45) is 10.9 Å². The van der Waals surface area contributed by atoms with Gasteiger partial charge in [-0.2, -0.15) is 0 Å². The van der Waals surface area contributed by atoms with Gasteiger partial charge in [-0.3, -0.25) is 0 Å². The number of unbranched alkanes of at least 4 members (excludes halogenated alkanes) is 1. The van der Waals surface area contributed by atoms with E-state index in [9.17, 15) is 0 Å². The molecule has 0 aliphatic carbocycles. The van der Waals surface area contributed by atoms with Crippen LogP contribution in [0.4, 0.5) is 5.69 Å². The zero-order chi connectivity index (χ0) is 15.1. The van der Waals surface area contributed by atoms with E-state index in [1.807, 2.05) is 12.1 Å². The second kappa shape index (κ2) is 7.78. The van der Waals surface area contributed by atoms with Crippen LogP contribution < -0.4 is 10.6 Å². The molecule has 0 bridgehead atoms. The Hall–Kier alpha value is -1.71. The maximum Gasteiger partial charge on any atom is 0.172 e. The van der Waals surface area contributed by atoms with Gasteiger partial charge in [0, 0.05) is 18.2 Å². The molecule has 3 N–H and O–H groups in total. The molecule has 0 spiro atoms. The summed E-state index contributed by atoms with van der Waals surface area (Å²) in [5.41, 5.74) is 8.90. The summed E-state index contributed by atoms with van der Waals surface area (Å²) in [6, 6.07) is 6.36. The van der Waals surface area contributed by atoms with Crippen molar-refractivity contribution >= 4 is 11.5 Å². The Kier molecular flexibility index (Phi) is 6.36. The first kappa shape index (κ1) is 16.3. The van der Waals surface area contributed by atoms with Gasteiger partial charge in [0.25, 0.3) is 0 Å². The molecule has 1 aromatic rings. The third-order valence-corrected chi connectivity index (χ3v) is 3.78. The number of nitrogens with zero attached hydrogens (tertiary/aromatic N) is 2. The Morgan fingerprint density at radius 2 is 2.10 bits per heavy atom. The minimum absolute atomic E-state index is 0.175. The van der Waals surface area contributed by atoms with Gasteiger partial charge in [-0.05, 0) is 38.3 Å². The summed E-state index contributed by atoms with van der Waals surface area (Å²) in [4.78, 5) is 2.38. The first-order chi connectivity index (χ1) is 9.56. The average molecular weight is 277 g/mol. The van der Waals surface area contributed by atoms with Gasteiger partial charge in [-0.1, -0.05) is 37.6 Å². The number of para-hydroxylation sites is 1. The van der Waals surface area contributed by atoms with Gasteiger partial charge in [-0.25, -0.2) is 0 Å². The molecule has 0 saturated heterocycles. The van der Waals surface area contributed by atoms with E-state index in [4.69, 9.17) is 10.9 Å². The van der Waals surface area contributed by atoms with Crippen LogP contribution in [0.1, 0.15) is 51.2 Å². The molecule has 1 atom stereocenters. The van der Waals surface area contributed by atoms with Gasteiger partial charge < -0.3 is 15.8 Å². The van der Waals surface area contributed by atoms with Crippen LogP contribution in [0.15, 0.2) is 23.4 Å². The molecule has 112 valence electrons. The maximum atomic E-state index is 9.00. The van der Waals surface area contributed by atoms with Crippen LogP contribution in [0.5, 0.6) is 0 Å². The molecule has 0 aliphatic rings. The fourth-order valence-corrected chi connectivity index (χ4v) is 2.40. The Labute approximate surface area is 122 Å². The van der Waals surface area contributed by atoms with Crippen LogP contribution in [-0.2, 0) is 0 Å². The summed E-state index contributed by atoms with van der Waals surface area (Å²) in [5.74, 6) is 0.175. The van der Waals surface area contributed by atoms with E-state index in [2.05, 4.69) is 43.8 Å². The van der Waals surface area contributed by atoms with Gasteiger partial charge in [0.05, 0.1) is 5.69 Å². The number of benzene rings is 1. The number of aryl methyl sites for hydroxylation is 1. The standard InChI is InChI=1S/C16H27N3O/c1-5-7-11-19(13(4)6-2)15-12(3)9-8-10-14(15)16(17)18-20/h8-10,13,20H,5-7,11H2,1-4H3,(H2,17,18). The number of nitrogens with two attached hydrogens (primary N) is 1. The minimum Gasteiger partial charge on any atom is -0.409 e. The number of hydrogen-bond acceptors (Lipinski definition) is 3. The van der Waals surface area contributed by atoms with E-state index in [1.54, 1.807) is 0 Å². The summed E-state index contributed by atoms with van der Waals surface area (Å²) in [5, 5.41) is 12.2. The zero-order valence-electron chi connectivity index (χ0n) is 13.1. The molecule has 0 heterocycles. The van der Waals surface area contributed by atoms with Crippen molar-refractivity contribution in [2.75, 3.05) is 11.4 Å². The molecule has 4 heteroatoms. The van der Waals surface area contributed by atoms with E-state index < -0.39 is 0 Å². The molecule has 0 aliphatic heterocycles. The quantitative estimate of drug-likeness (QED) is 0.347. The molecular formula is C16H27N3O. The fraction of sp³-hybridized carbons (Fsp3) is 0.562. The Morgan fingerprint density at radius 1 is 1.40 bits per heavy atom. The number of amidine groups is 1. The highest BCUT2D eigenvalue weighted by Gasteiger charge is 2.19. The van der Waals surface area contributed by atoms with Gasteiger partial charge >= 0.3 is 0 Å². The smallest absolute Gasteiger partial charge is 0.172 e. The second-order valence-electron chi connectivity index (χ2n) is 5.26. The van der Waals surface area contributed by atoms with E-state index in [-0.39, 0.29) is 5.84 Å². The van der Waals surface area contributed by atoms with Crippen LogP contribution in [-0.4, -0.2) is 23.6 Å². The Morgan fingerprint density at radius 3 is 2.65 bits per heavy atom. The van der Waals surface area contributed by atoms with Gasteiger partial charge in [0.15, 0.2) is 5.84 Å². The first-order valence-corrected chi connectivity index (χ1v) is 7.40.